The van der Waals surface area contributed by atoms with Crippen molar-refractivity contribution in [2.75, 3.05) is 7.05 Å². The Morgan fingerprint density at radius 2 is 2.16 bits per heavy atom. The molecular weight excluding hydrogens is 352 g/mol. The van der Waals surface area contributed by atoms with Crippen LogP contribution < -0.4 is 0 Å². The number of hydrogen-bond donors (Lipinski definition) is 0. The quantitative estimate of drug-likeness (QED) is 0.691. The third-order valence-corrected chi connectivity index (χ3v) is 4.46. The summed E-state index contributed by atoms with van der Waals surface area (Å²) in [5.41, 5.74) is 0.466. The Morgan fingerprint density at radius 3 is 2.88 bits per heavy atom. The molecule has 3 rings (SSSR count). The van der Waals surface area contributed by atoms with Gasteiger partial charge in [0.2, 0.25) is 5.82 Å². The number of nitrogens with zero attached hydrogens (tertiary/aromatic N) is 6. The van der Waals surface area contributed by atoms with Gasteiger partial charge in [0.25, 0.3) is 5.89 Å². The third-order valence-electron chi connectivity index (χ3n) is 3.12. The predicted molar refractivity (Wildman–Crippen MR) is 83.0 cm³/mol. The zero-order chi connectivity index (χ0) is 18.0. The first-order chi connectivity index (χ1) is 11.9. The number of ether oxygens (including phenoxy) is 1. The highest BCUT2D eigenvalue weighted by Crippen LogP contribution is 2.16. The van der Waals surface area contributed by atoms with Gasteiger partial charge in [0, 0.05) is 25.6 Å². The van der Waals surface area contributed by atoms with Crippen LogP contribution in [0, 0.1) is 0 Å². The molecular formula is C13H12N6O5S. The van der Waals surface area contributed by atoms with E-state index in [0.717, 1.165) is 10.5 Å². The lowest BCUT2D eigenvalue weighted by atomic mass is 10.2. The number of carbonyl (C=O) groups excluding carboxylic acids is 1. The molecule has 3 heterocycles. The second-order valence-corrected chi connectivity index (χ2v) is 6.55. The zero-order valence-electron chi connectivity index (χ0n) is 13.1. The third kappa shape index (κ3) is 3.52. The van der Waals surface area contributed by atoms with Crippen molar-refractivity contribution in [2.24, 2.45) is 4.40 Å². The largest absolute Gasteiger partial charge is 0.452 e. The SMILES string of the molecule is CC1=NS(=O)(=O)N(C)C=C1C(=O)OCc1nc(-c2cnccn2)no1. The molecule has 25 heavy (non-hydrogen) atoms. The Labute approximate surface area is 142 Å². The van der Waals surface area contributed by atoms with Crippen LogP contribution in [0.4, 0.5) is 0 Å². The van der Waals surface area contributed by atoms with E-state index in [1.54, 1.807) is 0 Å². The van der Waals surface area contributed by atoms with Gasteiger partial charge in [-0.05, 0) is 6.92 Å². The summed E-state index contributed by atoms with van der Waals surface area (Å²) in [5.74, 6) is -0.497. The van der Waals surface area contributed by atoms with Crippen LogP contribution >= 0.6 is 0 Å². The van der Waals surface area contributed by atoms with Crippen molar-refractivity contribution >= 4 is 21.9 Å². The minimum Gasteiger partial charge on any atom is -0.452 e. The van der Waals surface area contributed by atoms with Crippen LogP contribution in [0.2, 0.25) is 0 Å². The Kier molecular flexibility index (Phi) is 4.27. The average molecular weight is 364 g/mol. The second kappa shape index (κ2) is 6.39. The smallest absolute Gasteiger partial charge is 0.344 e. The highest BCUT2D eigenvalue weighted by Gasteiger charge is 2.26. The van der Waals surface area contributed by atoms with Gasteiger partial charge in [0.1, 0.15) is 5.69 Å². The van der Waals surface area contributed by atoms with E-state index < -0.39 is 16.2 Å². The molecule has 0 radical (unpaired) electrons. The van der Waals surface area contributed by atoms with Crippen LogP contribution in [-0.4, -0.2) is 51.6 Å². The summed E-state index contributed by atoms with van der Waals surface area (Å²) in [6, 6.07) is 0. The van der Waals surface area contributed by atoms with Gasteiger partial charge in [-0.3, -0.25) is 9.29 Å². The van der Waals surface area contributed by atoms with Crippen LogP contribution in [0.15, 0.2) is 39.3 Å². The van der Waals surface area contributed by atoms with Gasteiger partial charge in [-0.2, -0.15) is 13.4 Å². The Balaban J connectivity index is 1.68. The first-order valence-electron chi connectivity index (χ1n) is 6.89. The fraction of sp³-hybridized carbons (Fsp3) is 0.231. The van der Waals surface area contributed by atoms with Crippen LogP contribution in [-0.2, 0) is 26.3 Å². The van der Waals surface area contributed by atoms with Crippen molar-refractivity contribution in [3.8, 4) is 11.5 Å². The monoisotopic (exact) mass is 364 g/mol. The maximum atomic E-state index is 12.1. The molecule has 2 aromatic heterocycles. The molecule has 130 valence electrons. The highest BCUT2D eigenvalue weighted by atomic mass is 32.2. The predicted octanol–water partition coefficient (Wildman–Crippen LogP) is 0.105. The molecule has 0 fully saturated rings. The molecule has 0 spiro atoms. The van der Waals surface area contributed by atoms with Gasteiger partial charge in [-0.15, -0.1) is 4.40 Å². The fourth-order valence-corrected chi connectivity index (χ4v) is 2.68. The van der Waals surface area contributed by atoms with Gasteiger partial charge in [-0.25, -0.2) is 9.78 Å². The lowest BCUT2D eigenvalue weighted by Crippen LogP contribution is -2.29. The minimum absolute atomic E-state index is 0.0194. The molecule has 0 aromatic carbocycles. The van der Waals surface area contributed by atoms with Crippen molar-refractivity contribution in [1.29, 1.82) is 0 Å². The molecule has 0 N–H and O–H groups in total. The van der Waals surface area contributed by atoms with E-state index in [1.807, 2.05) is 0 Å². The van der Waals surface area contributed by atoms with E-state index in [1.165, 1.54) is 32.6 Å². The molecule has 0 unspecified atom stereocenters. The van der Waals surface area contributed by atoms with Crippen molar-refractivity contribution in [3.63, 3.8) is 0 Å². The molecule has 0 atom stereocenters. The van der Waals surface area contributed by atoms with E-state index in [9.17, 15) is 13.2 Å². The van der Waals surface area contributed by atoms with Crippen LogP contribution in [0.1, 0.15) is 12.8 Å². The van der Waals surface area contributed by atoms with Gasteiger partial charge < -0.3 is 9.26 Å². The molecule has 0 saturated carbocycles. The number of hydrogen-bond acceptors (Lipinski definition) is 9. The average Bonchev–Trinajstić information content (AvgIpc) is 3.05. The highest BCUT2D eigenvalue weighted by molar-refractivity contribution is 7.88. The summed E-state index contributed by atoms with van der Waals surface area (Å²) < 4.78 is 37.5. The van der Waals surface area contributed by atoms with Gasteiger partial charge in [-0.1, -0.05) is 5.16 Å². The molecule has 0 aliphatic carbocycles. The standard InChI is InChI=1S/C13H12N6O5S/c1-8-9(6-19(2)25(21,22)18-8)13(20)23-7-11-16-12(17-24-11)10-5-14-3-4-15-10/h3-6H,7H2,1-2H3. The molecule has 11 nitrogen and oxygen atoms in total. The van der Waals surface area contributed by atoms with Crippen LogP contribution in [0.5, 0.6) is 0 Å². The van der Waals surface area contributed by atoms with E-state index >= 15 is 0 Å². The zero-order valence-corrected chi connectivity index (χ0v) is 14.0. The molecule has 1 aliphatic rings. The van der Waals surface area contributed by atoms with E-state index in [2.05, 4.69) is 24.5 Å². The van der Waals surface area contributed by atoms with Crippen molar-refractivity contribution in [1.82, 2.24) is 24.4 Å². The maximum absolute atomic E-state index is 12.1. The molecule has 1 aliphatic heterocycles. The fourth-order valence-electron chi connectivity index (χ4n) is 1.87. The number of rotatable bonds is 4. The van der Waals surface area contributed by atoms with Crippen LogP contribution in [0.25, 0.3) is 11.5 Å². The van der Waals surface area contributed by atoms with Crippen molar-refractivity contribution in [3.05, 3.63) is 36.3 Å². The molecule has 0 bridgehead atoms. The lowest BCUT2D eigenvalue weighted by Gasteiger charge is -2.18. The van der Waals surface area contributed by atoms with Gasteiger partial charge >= 0.3 is 16.2 Å². The van der Waals surface area contributed by atoms with Crippen LogP contribution in [0.3, 0.4) is 0 Å². The summed E-state index contributed by atoms with van der Waals surface area (Å²) in [5, 5.41) is 3.72. The van der Waals surface area contributed by atoms with Crippen molar-refractivity contribution in [2.45, 2.75) is 13.5 Å². The molecule has 0 saturated heterocycles. The lowest BCUT2D eigenvalue weighted by molar-refractivity contribution is -0.140. The molecule has 0 amide bonds. The summed E-state index contributed by atoms with van der Waals surface area (Å²) in [6.45, 7) is 1.11. The summed E-state index contributed by atoms with van der Waals surface area (Å²) in [6.07, 6.45) is 5.58. The van der Waals surface area contributed by atoms with E-state index in [-0.39, 0.29) is 29.6 Å². The molecule has 2 aromatic rings. The topological polar surface area (TPSA) is 141 Å². The summed E-state index contributed by atoms with van der Waals surface area (Å²) >= 11 is 0. The Hall–Kier alpha value is -3.15. The second-order valence-electron chi connectivity index (χ2n) is 4.89. The summed E-state index contributed by atoms with van der Waals surface area (Å²) in [4.78, 5) is 24.1. The van der Waals surface area contributed by atoms with Gasteiger partial charge in [0.15, 0.2) is 6.61 Å². The minimum atomic E-state index is -3.79. The first kappa shape index (κ1) is 16.7. The number of esters is 1. The molecule has 12 heteroatoms. The number of carbonyl (C=O) groups is 1. The number of aromatic nitrogens is 4. The van der Waals surface area contributed by atoms with Gasteiger partial charge in [0.05, 0.1) is 17.5 Å². The normalized spacial score (nSPS) is 16.2. The maximum Gasteiger partial charge on any atom is 0.344 e. The Bertz CT molecular complexity index is 966. The summed E-state index contributed by atoms with van der Waals surface area (Å²) in [7, 11) is -2.52. The van der Waals surface area contributed by atoms with E-state index in [0.29, 0.717) is 5.69 Å². The van der Waals surface area contributed by atoms with Crippen molar-refractivity contribution < 1.29 is 22.5 Å². The Morgan fingerprint density at radius 1 is 1.36 bits per heavy atom. The first-order valence-corrected chi connectivity index (χ1v) is 8.29. The van der Waals surface area contributed by atoms with E-state index in [4.69, 9.17) is 9.26 Å².